The Morgan fingerprint density at radius 3 is 2.94 bits per heavy atom. The van der Waals surface area contributed by atoms with Gasteiger partial charge in [-0.3, -0.25) is 0 Å². The Bertz CT molecular complexity index is 508. The number of hydrogen-bond acceptors (Lipinski definition) is 5. The van der Waals surface area contributed by atoms with Gasteiger partial charge in [-0.1, -0.05) is 0 Å². The molecule has 0 aliphatic carbocycles. The average Bonchev–Trinajstić information content (AvgIpc) is 2.96. The maximum Gasteiger partial charge on any atom is 0.251 e. The third kappa shape index (κ3) is 2.94. The number of halogens is 1. The second-order valence-corrected chi connectivity index (χ2v) is 7.80. The number of rotatable bonds is 5. The monoisotopic (exact) mass is 355 g/mol. The summed E-state index contributed by atoms with van der Waals surface area (Å²) >= 11 is 4.40. The van der Waals surface area contributed by atoms with Crippen LogP contribution in [0.5, 0.6) is 0 Å². The van der Waals surface area contributed by atoms with Crippen molar-refractivity contribution < 1.29 is 17.9 Å². The van der Waals surface area contributed by atoms with E-state index in [1.54, 1.807) is 18.6 Å². The fraction of sp³-hybridized carbons (Fsp3) is 0.600. The zero-order valence-electron chi connectivity index (χ0n) is 9.81. The molecule has 1 aromatic heterocycles. The lowest BCUT2D eigenvalue weighted by atomic mass is 10.0. The Morgan fingerprint density at radius 1 is 1.67 bits per heavy atom. The van der Waals surface area contributed by atoms with Crippen LogP contribution in [-0.2, 0) is 19.5 Å². The average molecular weight is 356 g/mol. The lowest BCUT2D eigenvalue weighted by Crippen LogP contribution is -2.44. The molecule has 1 aliphatic rings. The molecule has 1 N–H and O–H groups in total. The van der Waals surface area contributed by atoms with E-state index in [4.69, 9.17) is 9.47 Å². The van der Waals surface area contributed by atoms with Crippen LogP contribution in [0.25, 0.3) is 0 Å². The molecule has 0 aromatic carbocycles. The predicted octanol–water partition coefficient (Wildman–Crippen LogP) is 1.59. The highest BCUT2D eigenvalue weighted by Gasteiger charge is 2.36. The van der Waals surface area contributed by atoms with Crippen molar-refractivity contribution >= 4 is 37.3 Å². The largest absolute Gasteiger partial charge is 0.378 e. The second kappa shape index (κ2) is 5.56. The van der Waals surface area contributed by atoms with E-state index in [0.29, 0.717) is 24.1 Å². The second-order valence-electron chi connectivity index (χ2n) is 4.07. The minimum atomic E-state index is -3.50. The molecule has 0 spiro atoms. The summed E-state index contributed by atoms with van der Waals surface area (Å²) in [6.45, 7) is 1.23. The SMILES string of the molecule is COC1(CNS(=O)(=O)c2sccc2Br)CCOC1. The highest BCUT2D eigenvalue weighted by atomic mass is 79.9. The first-order valence-electron chi connectivity index (χ1n) is 5.35. The number of sulfonamides is 1. The fourth-order valence-electron chi connectivity index (χ4n) is 1.72. The zero-order valence-corrected chi connectivity index (χ0v) is 13.0. The van der Waals surface area contributed by atoms with E-state index in [1.165, 1.54) is 11.3 Å². The normalized spacial score (nSPS) is 24.6. The maximum absolute atomic E-state index is 12.1. The Morgan fingerprint density at radius 2 is 2.44 bits per heavy atom. The van der Waals surface area contributed by atoms with Crippen LogP contribution < -0.4 is 4.72 Å². The van der Waals surface area contributed by atoms with Gasteiger partial charge in [0.1, 0.15) is 9.81 Å². The van der Waals surface area contributed by atoms with Crippen LogP contribution in [0.15, 0.2) is 20.1 Å². The van der Waals surface area contributed by atoms with Crippen LogP contribution in [0.3, 0.4) is 0 Å². The molecular formula is C10H14BrNO4S2. The molecule has 102 valence electrons. The molecule has 1 atom stereocenters. The van der Waals surface area contributed by atoms with E-state index in [1.807, 2.05) is 0 Å². The van der Waals surface area contributed by atoms with Crippen LogP contribution in [0.1, 0.15) is 6.42 Å². The van der Waals surface area contributed by atoms with Crippen molar-refractivity contribution in [2.75, 3.05) is 26.9 Å². The van der Waals surface area contributed by atoms with E-state index in [-0.39, 0.29) is 10.8 Å². The van der Waals surface area contributed by atoms with E-state index < -0.39 is 15.6 Å². The smallest absolute Gasteiger partial charge is 0.251 e. The van der Waals surface area contributed by atoms with Gasteiger partial charge in [0.05, 0.1) is 6.61 Å². The molecule has 1 fully saturated rings. The lowest BCUT2D eigenvalue weighted by molar-refractivity contribution is -0.0120. The summed E-state index contributed by atoms with van der Waals surface area (Å²) in [4.78, 5) is 0. The van der Waals surface area contributed by atoms with E-state index in [9.17, 15) is 8.42 Å². The lowest BCUT2D eigenvalue weighted by Gasteiger charge is -2.25. The van der Waals surface area contributed by atoms with Crippen molar-refractivity contribution in [3.05, 3.63) is 15.9 Å². The highest BCUT2D eigenvalue weighted by Crippen LogP contribution is 2.28. The minimum absolute atomic E-state index is 0.218. The first-order valence-corrected chi connectivity index (χ1v) is 8.50. The van der Waals surface area contributed by atoms with Gasteiger partial charge < -0.3 is 9.47 Å². The molecular weight excluding hydrogens is 342 g/mol. The molecule has 1 aliphatic heterocycles. The summed E-state index contributed by atoms with van der Waals surface area (Å²) in [5.74, 6) is 0. The summed E-state index contributed by atoms with van der Waals surface area (Å²) < 4.78 is 38.3. The Balaban J connectivity index is 2.08. The number of hydrogen-bond donors (Lipinski definition) is 1. The van der Waals surface area contributed by atoms with E-state index in [0.717, 1.165) is 0 Å². The number of methoxy groups -OCH3 is 1. The van der Waals surface area contributed by atoms with Crippen molar-refractivity contribution in [1.29, 1.82) is 0 Å². The van der Waals surface area contributed by atoms with Crippen LogP contribution in [0.2, 0.25) is 0 Å². The molecule has 0 bridgehead atoms. The summed E-state index contributed by atoms with van der Waals surface area (Å²) in [7, 11) is -1.92. The van der Waals surface area contributed by atoms with Crippen molar-refractivity contribution in [3.8, 4) is 0 Å². The van der Waals surface area contributed by atoms with E-state index >= 15 is 0 Å². The number of ether oxygens (including phenoxy) is 2. The van der Waals surface area contributed by atoms with Crippen LogP contribution in [0.4, 0.5) is 0 Å². The van der Waals surface area contributed by atoms with Gasteiger partial charge >= 0.3 is 0 Å². The maximum atomic E-state index is 12.1. The quantitative estimate of drug-likeness (QED) is 0.870. The Kier molecular flexibility index (Phi) is 4.45. The molecule has 2 heterocycles. The van der Waals surface area contributed by atoms with Gasteiger partial charge in [-0.15, -0.1) is 11.3 Å². The van der Waals surface area contributed by atoms with Gasteiger partial charge in [0, 0.05) is 31.2 Å². The first kappa shape index (κ1) is 14.4. The predicted molar refractivity (Wildman–Crippen MR) is 72.4 cm³/mol. The molecule has 0 amide bonds. The molecule has 18 heavy (non-hydrogen) atoms. The van der Waals surface area contributed by atoms with Crippen molar-refractivity contribution in [3.63, 3.8) is 0 Å². The van der Waals surface area contributed by atoms with Crippen molar-refractivity contribution in [2.45, 2.75) is 16.2 Å². The highest BCUT2D eigenvalue weighted by molar-refractivity contribution is 9.10. The molecule has 2 rings (SSSR count). The molecule has 1 aromatic rings. The van der Waals surface area contributed by atoms with Crippen molar-refractivity contribution in [1.82, 2.24) is 4.72 Å². The molecule has 1 unspecified atom stereocenters. The van der Waals surface area contributed by atoms with E-state index in [2.05, 4.69) is 20.7 Å². The number of thiophene rings is 1. The van der Waals surface area contributed by atoms with Gasteiger partial charge in [0.25, 0.3) is 10.0 Å². The first-order chi connectivity index (χ1) is 8.49. The molecule has 8 heteroatoms. The summed E-state index contributed by atoms with van der Waals surface area (Å²) in [5, 5.41) is 1.73. The summed E-state index contributed by atoms with van der Waals surface area (Å²) in [5.41, 5.74) is -0.545. The molecule has 1 saturated heterocycles. The third-order valence-corrected chi connectivity index (χ3v) is 6.98. The fourth-order valence-corrected chi connectivity index (χ4v) is 5.22. The topological polar surface area (TPSA) is 64.6 Å². The van der Waals surface area contributed by atoms with Crippen molar-refractivity contribution in [2.24, 2.45) is 0 Å². The third-order valence-electron chi connectivity index (χ3n) is 2.91. The summed E-state index contributed by atoms with van der Waals surface area (Å²) in [6.07, 6.45) is 0.692. The number of nitrogens with one attached hydrogen (secondary N) is 1. The Hall–Kier alpha value is 0.01000. The summed E-state index contributed by atoms with van der Waals surface area (Å²) in [6, 6.07) is 1.71. The van der Waals surface area contributed by atoms with Gasteiger partial charge in [-0.25, -0.2) is 13.1 Å². The standard InChI is InChI=1S/C10H14BrNO4S2/c1-15-10(3-4-16-7-10)6-12-18(13,14)9-8(11)2-5-17-9/h2,5,12H,3-4,6-7H2,1H3. The van der Waals surface area contributed by atoms with Crippen LogP contribution in [-0.4, -0.2) is 40.9 Å². The molecule has 0 radical (unpaired) electrons. The van der Waals surface area contributed by atoms with Gasteiger partial charge in [-0.05, 0) is 27.4 Å². The zero-order chi connectivity index (χ0) is 13.2. The molecule has 5 nitrogen and oxygen atoms in total. The molecule has 0 saturated carbocycles. The van der Waals surface area contributed by atoms with Crippen LogP contribution in [0, 0.1) is 0 Å². The minimum Gasteiger partial charge on any atom is -0.378 e. The van der Waals surface area contributed by atoms with Gasteiger partial charge in [0.2, 0.25) is 0 Å². The van der Waals surface area contributed by atoms with Gasteiger partial charge in [-0.2, -0.15) is 0 Å². The Labute approximate surface area is 119 Å². The van der Waals surface area contributed by atoms with Crippen LogP contribution >= 0.6 is 27.3 Å². The van der Waals surface area contributed by atoms with Gasteiger partial charge in [0.15, 0.2) is 0 Å².